The van der Waals surface area contributed by atoms with Crippen molar-refractivity contribution in [3.8, 4) is 0 Å². The monoisotopic (exact) mass is 412 g/mol. The Morgan fingerprint density at radius 2 is 2.38 bits per heavy atom. The maximum atomic E-state index is 5.44. The molecule has 0 aliphatic rings. The quantitative estimate of drug-likeness (QED) is 0.704. The smallest absolute Gasteiger partial charge is 0.150 e. The van der Waals surface area contributed by atoms with Gasteiger partial charge in [-0.3, -0.25) is 3.97 Å². The van der Waals surface area contributed by atoms with Crippen LogP contribution in [0.15, 0.2) is 22.8 Å². The zero-order valence-electron chi connectivity index (χ0n) is 8.61. The molecule has 86 valence electrons. The zero-order valence-corrected chi connectivity index (χ0v) is 13.2. The maximum Gasteiger partial charge on any atom is 0.150 e. The van der Waals surface area contributed by atoms with Crippen LogP contribution in [0.3, 0.4) is 0 Å². The third-order valence-electron chi connectivity index (χ3n) is 2.16. The molecule has 0 spiro atoms. The van der Waals surface area contributed by atoms with E-state index in [4.69, 9.17) is 4.74 Å². The highest BCUT2D eigenvalue weighted by Gasteiger charge is 2.10. The molecule has 2 aromatic rings. The molecule has 0 N–H and O–H groups in total. The summed E-state index contributed by atoms with van der Waals surface area (Å²) in [5, 5.41) is 1.13. The molecule has 2 rings (SSSR count). The molecule has 16 heavy (non-hydrogen) atoms. The molecule has 6 heteroatoms. The van der Waals surface area contributed by atoms with Gasteiger partial charge < -0.3 is 4.74 Å². The molecule has 2 aromatic heterocycles. The van der Waals surface area contributed by atoms with Crippen molar-refractivity contribution in [2.45, 2.75) is 13.5 Å². The van der Waals surface area contributed by atoms with Gasteiger partial charge >= 0.3 is 0 Å². The number of nitrogens with zero attached hydrogens (tertiary/aromatic N) is 2. The van der Waals surface area contributed by atoms with Gasteiger partial charge in [0.25, 0.3) is 0 Å². The minimum atomic E-state index is 0.625. The number of aromatic nitrogens is 2. The molecule has 2 heterocycles. The van der Waals surface area contributed by atoms with Crippen molar-refractivity contribution >= 4 is 57.3 Å². The highest BCUT2D eigenvalue weighted by Crippen LogP contribution is 2.29. The zero-order chi connectivity index (χ0) is 11.5. The molecule has 0 fully saturated rings. The summed E-state index contributed by atoms with van der Waals surface area (Å²) in [5.74, 6) is 0. The fourth-order valence-electron chi connectivity index (χ4n) is 1.48. The van der Waals surface area contributed by atoms with E-state index in [1.165, 1.54) is 0 Å². The molecule has 0 amide bonds. The van der Waals surface area contributed by atoms with E-state index in [0.717, 1.165) is 27.8 Å². The predicted octanol–water partition coefficient (Wildman–Crippen LogP) is 4.18. The van der Waals surface area contributed by atoms with Crippen molar-refractivity contribution in [3.05, 3.63) is 28.5 Å². The predicted molar refractivity (Wildman–Crippen MR) is 79.8 cm³/mol. The van der Waals surface area contributed by atoms with Crippen LogP contribution in [0.2, 0.25) is 0 Å². The van der Waals surface area contributed by atoms with Gasteiger partial charge in [-0.05, 0) is 35.0 Å². The van der Waals surface area contributed by atoms with Gasteiger partial charge in [-0.2, -0.15) is 0 Å². The standard InChI is InChI=1S/C10H10BrIN2OS/c1-2-15-6-9-4-7-3-8(11)5-13-10(7)14(9)16-12/h3-5H,2,6H2,1H3. The van der Waals surface area contributed by atoms with Crippen molar-refractivity contribution in [2.24, 2.45) is 0 Å². The van der Waals surface area contributed by atoms with Gasteiger partial charge in [-0.1, -0.05) is 0 Å². The van der Waals surface area contributed by atoms with Gasteiger partial charge in [0, 0.05) is 53.0 Å². The number of rotatable bonds is 4. The number of fused-ring (bicyclic) bond motifs is 1. The van der Waals surface area contributed by atoms with Crippen LogP contribution in [0.4, 0.5) is 0 Å². The second-order valence-electron chi connectivity index (χ2n) is 3.20. The third-order valence-corrected chi connectivity index (χ3v) is 4.32. The lowest BCUT2D eigenvalue weighted by Crippen LogP contribution is -1.97. The fraction of sp³-hybridized carbons (Fsp3) is 0.300. The van der Waals surface area contributed by atoms with Crippen LogP contribution < -0.4 is 0 Å². The molecule has 3 nitrogen and oxygen atoms in total. The summed E-state index contributed by atoms with van der Waals surface area (Å²) in [6, 6.07) is 4.19. The van der Waals surface area contributed by atoms with Crippen LogP contribution in [0.5, 0.6) is 0 Å². The van der Waals surface area contributed by atoms with Crippen molar-refractivity contribution in [1.82, 2.24) is 8.96 Å². The minimum absolute atomic E-state index is 0.625. The van der Waals surface area contributed by atoms with Gasteiger partial charge in [-0.15, -0.1) is 0 Å². The van der Waals surface area contributed by atoms with E-state index in [-0.39, 0.29) is 0 Å². The van der Waals surface area contributed by atoms with E-state index in [9.17, 15) is 0 Å². The number of pyridine rings is 1. The maximum absolute atomic E-state index is 5.44. The van der Waals surface area contributed by atoms with Crippen LogP contribution in [0.1, 0.15) is 12.6 Å². The van der Waals surface area contributed by atoms with E-state index in [0.29, 0.717) is 6.61 Å². The molecule has 0 aliphatic carbocycles. The Kier molecular flexibility index (Phi) is 4.51. The second-order valence-corrected chi connectivity index (χ2v) is 5.80. The highest BCUT2D eigenvalue weighted by molar-refractivity contribution is 14.2. The van der Waals surface area contributed by atoms with Crippen molar-refractivity contribution in [3.63, 3.8) is 0 Å². The third kappa shape index (κ3) is 2.55. The average molecular weight is 413 g/mol. The van der Waals surface area contributed by atoms with Gasteiger partial charge in [0.1, 0.15) is 0 Å². The molecule has 0 aromatic carbocycles. The lowest BCUT2D eigenvalue weighted by atomic mass is 10.3. The van der Waals surface area contributed by atoms with Gasteiger partial charge in [0.2, 0.25) is 0 Å². The Labute approximate surface area is 119 Å². The van der Waals surface area contributed by atoms with E-state index < -0.39 is 0 Å². The first-order valence-corrected chi connectivity index (χ1v) is 8.90. The van der Waals surface area contributed by atoms with Crippen molar-refractivity contribution in [2.75, 3.05) is 6.61 Å². The summed E-state index contributed by atoms with van der Waals surface area (Å²) in [4.78, 5) is 4.42. The fourth-order valence-corrected chi connectivity index (χ4v) is 3.56. The summed E-state index contributed by atoms with van der Waals surface area (Å²) < 4.78 is 8.54. The Morgan fingerprint density at radius 3 is 3.06 bits per heavy atom. The van der Waals surface area contributed by atoms with E-state index in [1.807, 2.05) is 13.1 Å². The van der Waals surface area contributed by atoms with Crippen LogP contribution in [0, 0.1) is 0 Å². The molecular formula is C10H10BrIN2OS. The molecule has 0 radical (unpaired) electrons. The summed E-state index contributed by atoms with van der Waals surface area (Å²) in [7, 11) is 1.62. The first kappa shape index (κ1) is 12.7. The summed E-state index contributed by atoms with van der Waals surface area (Å²) in [5.41, 5.74) is 2.12. The molecule has 0 atom stereocenters. The van der Waals surface area contributed by atoms with Gasteiger partial charge in [-0.25, -0.2) is 4.98 Å². The number of hydrogen-bond donors (Lipinski definition) is 0. The molecule has 0 aliphatic heterocycles. The first-order chi connectivity index (χ1) is 7.76. The summed E-state index contributed by atoms with van der Waals surface area (Å²) in [6.07, 6.45) is 1.82. The number of hydrogen-bond acceptors (Lipinski definition) is 3. The Hall–Kier alpha value is 0.210. The molecule has 0 saturated carbocycles. The van der Waals surface area contributed by atoms with E-state index in [2.05, 4.69) is 58.2 Å². The lowest BCUT2D eigenvalue weighted by Gasteiger charge is -2.04. The van der Waals surface area contributed by atoms with E-state index in [1.54, 1.807) is 9.12 Å². The first-order valence-electron chi connectivity index (χ1n) is 4.79. The SMILES string of the molecule is CCOCc1cc2cc(Br)cnc2n1SI. The Bertz CT molecular complexity index is 503. The summed E-state index contributed by atoms with van der Waals surface area (Å²) >= 11 is 5.69. The average Bonchev–Trinajstić information content (AvgIpc) is 2.62. The molecule has 0 unspecified atom stereocenters. The highest BCUT2D eigenvalue weighted by atomic mass is 127. The lowest BCUT2D eigenvalue weighted by molar-refractivity contribution is 0.131. The Morgan fingerprint density at radius 1 is 1.56 bits per heavy atom. The van der Waals surface area contributed by atoms with Gasteiger partial charge in [0.15, 0.2) is 5.65 Å². The Balaban J connectivity index is 2.48. The summed E-state index contributed by atoms with van der Waals surface area (Å²) in [6.45, 7) is 3.35. The minimum Gasteiger partial charge on any atom is -0.375 e. The molecular weight excluding hydrogens is 403 g/mol. The molecule has 0 saturated heterocycles. The van der Waals surface area contributed by atoms with Gasteiger partial charge in [0.05, 0.1) is 12.3 Å². The normalized spacial score (nSPS) is 11.2. The van der Waals surface area contributed by atoms with Crippen LogP contribution >= 0.6 is 46.3 Å². The van der Waals surface area contributed by atoms with Crippen LogP contribution in [-0.2, 0) is 11.3 Å². The van der Waals surface area contributed by atoms with Crippen molar-refractivity contribution < 1.29 is 4.74 Å². The number of halogens is 2. The largest absolute Gasteiger partial charge is 0.375 e. The number of ether oxygens (including phenoxy) is 1. The molecule has 0 bridgehead atoms. The van der Waals surface area contributed by atoms with E-state index >= 15 is 0 Å². The van der Waals surface area contributed by atoms with Crippen molar-refractivity contribution in [1.29, 1.82) is 0 Å². The van der Waals surface area contributed by atoms with Crippen LogP contribution in [-0.4, -0.2) is 15.6 Å². The second kappa shape index (κ2) is 5.70. The van der Waals surface area contributed by atoms with Crippen LogP contribution in [0.25, 0.3) is 11.0 Å². The topological polar surface area (TPSA) is 27.1 Å².